The first-order valence-corrected chi connectivity index (χ1v) is 8.13. The number of nitrogens with one attached hydrogen (secondary N) is 2. The Balaban J connectivity index is 1.53. The average molecular weight is 361 g/mol. The minimum absolute atomic E-state index is 0.125. The highest BCUT2D eigenvalue weighted by Crippen LogP contribution is 2.34. The van der Waals surface area contributed by atoms with E-state index in [1.807, 2.05) is 19.1 Å². The van der Waals surface area contributed by atoms with Crippen molar-refractivity contribution in [2.45, 2.75) is 13.0 Å². The van der Waals surface area contributed by atoms with Crippen molar-refractivity contribution in [2.75, 3.05) is 13.3 Å². The maximum absolute atomic E-state index is 12.1. The molecule has 1 unspecified atom stereocenters. The van der Waals surface area contributed by atoms with Gasteiger partial charge in [0.2, 0.25) is 12.7 Å². The Morgan fingerprint density at radius 1 is 1.16 bits per heavy atom. The van der Waals surface area contributed by atoms with Gasteiger partial charge in [0.25, 0.3) is 5.91 Å². The molecule has 2 amide bonds. The van der Waals surface area contributed by atoms with E-state index in [9.17, 15) is 9.59 Å². The molecule has 0 saturated carbocycles. The van der Waals surface area contributed by atoms with Crippen molar-refractivity contribution in [1.82, 2.24) is 10.6 Å². The topological polar surface area (TPSA) is 76.7 Å². The fourth-order valence-corrected chi connectivity index (χ4v) is 2.64. The Hall–Kier alpha value is -2.73. The van der Waals surface area contributed by atoms with Crippen LogP contribution in [0.4, 0.5) is 0 Å². The summed E-state index contributed by atoms with van der Waals surface area (Å²) in [5.74, 6) is 0.706. The molecule has 0 radical (unpaired) electrons. The lowest BCUT2D eigenvalue weighted by atomic mass is 10.1. The van der Waals surface area contributed by atoms with Crippen LogP contribution in [-0.4, -0.2) is 25.2 Å². The second-order valence-electron chi connectivity index (χ2n) is 5.59. The third-order valence-corrected chi connectivity index (χ3v) is 4.01. The van der Waals surface area contributed by atoms with Gasteiger partial charge in [0, 0.05) is 10.6 Å². The van der Waals surface area contributed by atoms with Gasteiger partial charge in [0.15, 0.2) is 11.5 Å². The summed E-state index contributed by atoms with van der Waals surface area (Å²) in [6, 6.07) is 11.8. The van der Waals surface area contributed by atoms with Gasteiger partial charge < -0.3 is 20.1 Å². The highest BCUT2D eigenvalue weighted by molar-refractivity contribution is 6.30. The first kappa shape index (κ1) is 17.1. The molecule has 2 aromatic rings. The number of fused-ring (bicyclic) bond motifs is 1. The van der Waals surface area contributed by atoms with E-state index in [0.29, 0.717) is 22.1 Å². The second kappa shape index (κ2) is 7.44. The predicted molar refractivity (Wildman–Crippen MR) is 92.9 cm³/mol. The predicted octanol–water partition coefficient (Wildman–Crippen LogP) is 2.68. The third-order valence-electron chi connectivity index (χ3n) is 3.77. The molecule has 0 aromatic heterocycles. The summed E-state index contributed by atoms with van der Waals surface area (Å²) >= 11 is 5.85. The SMILES string of the molecule is CC(NC(=O)CNC(=O)c1cccc(Cl)c1)c1ccc2c(c1)OCO2. The number of benzene rings is 2. The van der Waals surface area contributed by atoms with Gasteiger partial charge >= 0.3 is 0 Å². The first-order chi connectivity index (χ1) is 12.0. The summed E-state index contributed by atoms with van der Waals surface area (Å²) in [4.78, 5) is 24.1. The molecule has 0 aliphatic carbocycles. The number of amides is 2. The third kappa shape index (κ3) is 4.22. The minimum Gasteiger partial charge on any atom is -0.454 e. The molecule has 1 heterocycles. The summed E-state index contributed by atoms with van der Waals surface area (Å²) in [5, 5.41) is 5.87. The van der Waals surface area contributed by atoms with Crippen LogP contribution in [0.2, 0.25) is 5.02 Å². The van der Waals surface area contributed by atoms with Crippen LogP contribution in [0.25, 0.3) is 0 Å². The van der Waals surface area contributed by atoms with Crippen LogP contribution in [0.1, 0.15) is 28.9 Å². The summed E-state index contributed by atoms with van der Waals surface area (Å²) < 4.78 is 10.6. The van der Waals surface area contributed by atoms with Gasteiger partial charge in [-0.3, -0.25) is 9.59 Å². The Morgan fingerprint density at radius 3 is 2.76 bits per heavy atom. The maximum atomic E-state index is 12.1. The van der Waals surface area contributed by atoms with Crippen LogP contribution in [0.15, 0.2) is 42.5 Å². The molecule has 130 valence electrons. The lowest BCUT2D eigenvalue weighted by Gasteiger charge is -2.15. The van der Waals surface area contributed by atoms with Crippen LogP contribution < -0.4 is 20.1 Å². The fraction of sp³-hybridized carbons (Fsp3) is 0.222. The molecule has 0 saturated heterocycles. The van der Waals surface area contributed by atoms with Crippen LogP contribution in [0.5, 0.6) is 11.5 Å². The maximum Gasteiger partial charge on any atom is 0.251 e. The number of carbonyl (C=O) groups is 2. The monoisotopic (exact) mass is 360 g/mol. The van der Waals surface area contributed by atoms with Crippen LogP contribution in [-0.2, 0) is 4.79 Å². The molecule has 1 aliphatic heterocycles. The Morgan fingerprint density at radius 2 is 1.96 bits per heavy atom. The molecule has 2 N–H and O–H groups in total. The van der Waals surface area contributed by atoms with E-state index in [-0.39, 0.29) is 31.2 Å². The normalized spacial score (nSPS) is 13.2. The molecule has 6 nitrogen and oxygen atoms in total. The van der Waals surface area contributed by atoms with Gasteiger partial charge in [-0.05, 0) is 42.8 Å². The van der Waals surface area contributed by atoms with Gasteiger partial charge in [0.05, 0.1) is 12.6 Å². The van der Waals surface area contributed by atoms with Gasteiger partial charge in [-0.25, -0.2) is 0 Å². The molecule has 0 spiro atoms. The largest absolute Gasteiger partial charge is 0.454 e. The fourth-order valence-electron chi connectivity index (χ4n) is 2.45. The van der Waals surface area contributed by atoms with Crippen molar-refractivity contribution in [3.8, 4) is 11.5 Å². The minimum atomic E-state index is -0.353. The Kier molecular flexibility index (Phi) is 5.09. The smallest absolute Gasteiger partial charge is 0.251 e. The van der Waals surface area contributed by atoms with Crippen LogP contribution in [0.3, 0.4) is 0 Å². The zero-order valence-corrected chi connectivity index (χ0v) is 14.3. The lowest BCUT2D eigenvalue weighted by molar-refractivity contribution is -0.120. The molecule has 7 heteroatoms. The average Bonchev–Trinajstić information content (AvgIpc) is 3.07. The molecule has 25 heavy (non-hydrogen) atoms. The van der Waals surface area contributed by atoms with Crippen molar-refractivity contribution in [3.63, 3.8) is 0 Å². The molecule has 1 atom stereocenters. The molecule has 2 aromatic carbocycles. The van der Waals surface area contributed by atoms with Crippen molar-refractivity contribution in [2.24, 2.45) is 0 Å². The Labute approximate surface area is 150 Å². The van der Waals surface area contributed by atoms with Gasteiger partial charge in [0.1, 0.15) is 0 Å². The molecule has 1 aliphatic rings. The number of hydrogen-bond donors (Lipinski definition) is 2. The zero-order chi connectivity index (χ0) is 17.8. The Bertz CT molecular complexity index is 809. The van der Waals surface area contributed by atoms with E-state index in [1.165, 1.54) is 0 Å². The van der Waals surface area contributed by atoms with E-state index >= 15 is 0 Å². The highest BCUT2D eigenvalue weighted by atomic mass is 35.5. The van der Waals surface area contributed by atoms with E-state index in [4.69, 9.17) is 21.1 Å². The van der Waals surface area contributed by atoms with Crippen LogP contribution >= 0.6 is 11.6 Å². The van der Waals surface area contributed by atoms with Crippen molar-refractivity contribution in [1.29, 1.82) is 0 Å². The molecule has 0 bridgehead atoms. The number of rotatable bonds is 5. The number of carbonyl (C=O) groups excluding carboxylic acids is 2. The van der Waals surface area contributed by atoms with Gasteiger partial charge in [-0.2, -0.15) is 0 Å². The summed E-state index contributed by atoms with van der Waals surface area (Å²) in [6.45, 7) is 1.93. The first-order valence-electron chi connectivity index (χ1n) is 7.75. The molecule has 0 fully saturated rings. The quantitative estimate of drug-likeness (QED) is 0.859. The molecular formula is C18H17ClN2O4. The number of halogens is 1. The second-order valence-corrected chi connectivity index (χ2v) is 6.03. The van der Waals surface area contributed by atoms with E-state index in [1.54, 1.807) is 30.3 Å². The van der Waals surface area contributed by atoms with Gasteiger partial charge in [-0.15, -0.1) is 0 Å². The van der Waals surface area contributed by atoms with Gasteiger partial charge in [-0.1, -0.05) is 23.7 Å². The standard InChI is InChI=1S/C18H17ClN2O4/c1-11(12-5-6-15-16(8-12)25-10-24-15)21-17(22)9-20-18(23)13-3-2-4-14(19)7-13/h2-8,11H,9-10H2,1H3,(H,20,23)(H,21,22). The van der Waals surface area contributed by atoms with Crippen molar-refractivity contribution in [3.05, 3.63) is 58.6 Å². The lowest BCUT2D eigenvalue weighted by Crippen LogP contribution is -2.38. The number of ether oxygens (including phenoxy) is 2. The zero-order valence-electron chi connectivity index (χ0n) is 13.5. The van der Waals surface area contributed by atoms with E-state index in [2.05, 4.69) is 10.6 Å². The summed E-state index contributed by atoms with van der Waals surface area (Å²) in [5.41, 5.74) is 1.29. The molecule has 3 rings (SSSR count). The van der Waals surface area contributed by atoms with E-state index < -0.39 is 0 Å². The van der Waals surface area contributed by atoms with Crippen LogP contribution in [0, 0.1) is 0 Å². The number of hydrogen-bond acceptors (Lipinski definition) is 4. The van der Waals surface area contributed by atoms with Crippen molar-refractivity contribution < 1.29 is 19.1 Å². The molecular weight excluding hydrogens is 344 g/mol. The van der Waals surface area contributed by atoms with Crippen molar-refractivity contribution >= 4 is 23.4 Å². The van der Waals surface area contributed by atoms with E-state index in [0.717, 1.165) is 5.56 Å². The summed E-state index contributed by atoms with van der Waals surface area (Å²) in [7, 11) is 0. The highest BCUT2D eigenvalue weighted by Gasteiger charge is 2.17. The summed E-state index contributed by atoms with van der Waals surface area (Å²) in [6.07, 6.45) is 0.